The molecule has 0 aliphatic carbocycles. The highest BCUT2D eigenvalue weighted by Crippen LogP contribution is 2.17. The van der Waals surface area contributed by atoms with Gasteiger partial charge in [0.1, 0.15) is 6.04 Å². The molecule has 0 heterocycles. The summed E-state index contributed by atoms with van der Waals surface area (Å²) in [6.45, 7) is 4.20. The summed E-state index contributed by atoms with van der Waals surface area (Å²) in [6.07, 6.45) is 2.52. The fourth-order valence-corrected chi connectivity index (χ4v) is 3.16. The second-order valence-electron chi connectivity index (χ2n) is 7.92. The predicted octanol–water partition coefficient (Wildman–Crippen LogP) is 4.39. The normalized spacial score (nSPS) is 11.5. The average Bonchev–Trinajstić information content (AvgIpc) is 2.78. The van der Waals surface area contributed by atoms with Gasteiger partial charge in [0.25, 0.3) is 0 Å². The molecule has 0 aliphatic heterocycles. The van der Waals surface area contributed by atoms with Crippen molar-refractivity contribution in [1.82, 2.24) is 10.8 Å². The number of unbranched alkanes of at least 4 members (excludes halogenated alkanes) is 2. The van der Waals surface area contributed by atoms with E-state index in [-0.39, 0.29) is 12.3 Å². The SMILES string of the molecule is CC(C)c1ccc(NC(=O)N[C@@H](CCCCCC(=O)NO)C(=O)Nc2ccccc2)cc1. The third-order valence-corrected chi connectivity index (χ3v) is 5.02. The Labute approximate surface area is 188 Å². The zero-order chi connectivity index (χ0) is 23.3. The number of amides is 4. The molecule has 4 amide bonds. The van der Waals surface area contributed by atoms with Crippen molar-refractivity contribution in [2.24, 2.45) is 0 Å². The van der Waals surface area contributed by atoms with E-state index in [0.717, 1.165) is 0 Å². The van der Waals surface area contributed by atoms with Crippen LogP contribution in [0.2, 0.25) is 0 Å². The summed E-state index contributed by atoms with van der Waals surface area (Å²) in [6, 6.07) is 15.4. The van der Waals surface area contributed by atoms with E-state index >= 15 is 0 Å². The summed E-state index contributed by atoms with van der Waals surface area (Å²) < 4.78 is 0. The van der Waals surface area contributed by atoms with Gasteiger partial charge in [-0.25, -0.2) is 10.3 Å². The molecule has 8 nitrogen and oxygen atoms in total. The summed E-state index contributed by atoms with van der Waals surface area (Å²) in [5, 5.41) is 16.9. The maximum absolute atomic E-state index is 12.8. The van der Waals surface area contributed by atoms with Gasteiger partial charge in [0, 0.05) is 17.8 Å². The lowest BCUT2D eigenvalue weighted by Gasteiger charge is -2.19. The molecule has 32 heavy (non-hydrogen) atoms. The molecule has 0 radical (unpaired) electrons. The number of anilines is 2. The van der Waals surface area contributed by atoms with E-state index in [9.17, 15) is 14.4 Å². The fraction of sp³-hybridized carbons (Fsp3) is 0.375. The molecule has 2 rings (SSSR count). The third kappa shape index (κ3) is 8.77. The molecule has 1 atom stereocenters. The van der Waals surface area contributed by atoms with Crippen molar-refractivity contribution < 1.29 is 19.6 Å². The van der Waals surface area contributed by atoms with Crippen molar-refractivity contribution in [3.05, 3.63) is 60.2 Å². The van der Waals surface area contributed by atoms with E-state index in [1.807, 2.05) is 42.5 Å². The van der Waals surface area contributed by atoms with Crippen molar-refractivity contribution in [2.45, 2.75) is 57.9 Å². The van der Waals surface area contributed by atoms with Crippen LogP contribution in [0.25, 0.3) is 0 Å². The fourth-order valence-electron chi connectivity index (χ4n) is 3.16. The summed E-state index contributed by atoms with van der Waals surface area (Å²) >= 11 is 0. The Balaban J connectivity index is 1.94. The van der Waals surface area contributed by atoms with Crippen molar-refractivity contribution in [2.75, 3.05) is 10.6 Å². The molecule has 2 aromatic carbocycles. The highest BCUT2D eigenvalue weighted by atomic mass is 16.5. The summed E-state index contributed by atoms with van der Waals surface area (Å²) in [4.78, 5) is 36.4. The summed E-state index contributed by atoms with van der Waals surface area (Å²) in [7, 11) is 0. The quantitative estimate of drug-likeness (QED) is 0.202. The Morgan fingerprint density at radius 3 is 2.12 bits per heavy atom. The van der Waals surface area contributed by atoms with Gasteiger partial charge in [-0.3, -0.25) is 14.8 Å². The second-order valence-corrected chi connectivity index (χ2v) is 7.92. The number of rotatable bonds is 11. The van der Waals surface area contributed by atoms with E-state index in [2.05, 4.69) is 29.8 Å². The lowest BCUT2D eigenvalue weighted by atomic mass is 10.0. The van der Waals surface area contributed by atoms with Gasteiger partial charge in [-0.2, -0.15) is 0 Å². The molecule has 8 heteroatoms. The molecule has 0 unspecified atom stereocenters. The minimum Gasteiger partial charge on any atom is -0.326 e. The predicted molar refractivity (Wildman–Crippen MR) is 125 cm³/mol. The van der Waals surface area contributed by atoms with Crippen LogP contribution >= 0.6 is 0 Å². The van der Waals surface area contributed by atoms with Crippen LogP contribution in [0, 0.1) is 0 Å². The number of carbonyl (C=O) groups is 3. The van der Waals surface area contributed by atoms with Crippen LogP contribution in [-0.4, -0.2) is 29.1 Å². The van der Waals surface area contributed by atoms with E-state index < -0.39 is 18.0 Å². The van der Waals surface area contributed by atoms with Crippen LogP contribution in [0.5, 0.6) is 0 Å². The molecule has 0 fully saturated rings. The molecule has 0 saturated heterocycles. The topological polar surface area (TPSA) is 120 Å². The number of hydrogen-bond donors (Lipinski definition) is 5. The smallest absolute Gasteiger partial charge is 0.319 e. The highest BCUT2D eigenvalue weighted by molar-refractivity contribution is 5.99. The lowest BCUT2D eigenvalue weighted by Crippen LogP contribution is -2.45. The van der Waals surface area contributed by atoms with Crippen LogP contribution in [0.3, 0.4) is 0 Å². The standard InChI is InChI=1S/C24H32N4O4/c1-17(2)18-13-15-20(16-14-18)26-24(31)27-21(11-7-4-8-12-22(29)28-32)23(30)25-19-9-5-3-6-10-19/h3,5-6,9-10,13-17,21,32H,4,7-8,11-12H2,1-2H3,(H,25,30)(H,28,29)(H2,26,27,31)/t21-/m0/s1. The Morgan fingerprint density at radius 2 is 1.50 bits per heavy atom. The molecule has 5 N–H and O–H groups in total. The molecular formula is C24H32N4O4. The Bertz CT molecular complexity index is 869. The van der Waals surface area contributed by atoms with Gasteiger partial charge < -0.3 is 16.0 Å². The average molecular weight is 441 g/mol. The first kappa shape index (κ1) is 24.9. The van der Waals surface area contributed by atoms with Crippen molar-refractivity contribution in [3.8, 4) is 0 Å². The van der Waals surface area contributed by atoms with Gasteiger partial charge in [-0.1, -0.05) is 57.0 Å². The lowest BCUT2D eigenvalue weighted by molar-refractivity contribution is -0.129. The minimum atomic E-state index is -0.739. The van der Waals surface area contributed by atoms with Crippen molar-refractivity contribution >= 4 is 29.2 Å². The monoisotopic (exact) mass is 440 g/mol. The molecule has 2 aromatic rings. The van der Waals surface area contributed by atoms with E-state index in [1.54, 1.807) is 17.6 Å². The van der Waals surface area contributed by atoms with E-state index in [1.165, 1.54) is 5.56 Å². The van der Waals surface area contributed by atoms with Crippen LogP contribution < -0.4 is 21.4 Å². The number of hydroxylamine groups is 1. The van der Waals surface area contributed by atoms with Crippen LogP contribution in [0.1, 0.15) is 57.4 Å². The number of benzene rings is 2. The molecule has 0 aliphatic rings. The number of carbonyl (C=O) groups excluding carboxylic acids is 3. The van der Waals surface area contributed by atoms with Gasteiger partial charge in [-0.15, -0.1) is 0 Å². The van der Waals surface area contributed by atoms with Gasteiger partial charge in [0.15, 0.2) is 0 Å². The van der Waals surface area contributed by atoms with Gasteiger partial charge in [-0.05, 0) is 48.6 Å². The maximum Gasteiger partial charge on any atom is 0.319 e. The number of hydrogen-bond acceptors (Lipinski definition) is 4. The zero-order valence-electron chi connectivity index (χ0n) is 18.6. The largest absolute Gasteiger partial charge is 0.326 e. The number of para-hydroxylation sites is 1. The van der Waals surface area contributed by atoms with Crippen molar-refractivity contribution in [3.63, 3.8) is 0 Å². The summed E-state index contributed by atoms with van der Waals surface area (Å²) in [5.74, 6) is -0.355. The maximum atomic E-state index is 12.8. The Kier molecular flexibility index (Phi) is 10.2. The van der Waals surface area contributed by atoms with Gasteiger partial charge in [0.2, 0.25) is 11.8 Å². The van der Waals surface area contributed by atoms with Crippen LogP contribution in [-0.2, 0) is 9.59 Å². The first-order valence-corrected chi connectivity index (χ1v) is 10.9. The zero-order valence-corrected chi connectivity index (χ0v) is 18.6. The Hall–Kier alpha value is -3.39. The highest BCUT2D eigenvalue weighted by Gasteiger charge is 2.21. The minimum absolute atomic E-state index is 0.206. The van der Waals surface area contributed by atoms with E-state index in [0.29, 0.717) is 43.0 Å². The molecule has 0 spiro atoms. The van der Waals surface area contributed by atoms with Crippen LogP contribution in [0.15, 0.2) is 54.6 Å². The summed E-state index contributed by atoms with van der Waals surface area (Å²) in [5.41, 5.74) is 4.06. The number of nitrogens with one attached hydrogen (secondary N) is 4. The molecule has 0 saturated carbocycles. The first-order valence-electron chi connectivity index (χ1n) is 10.9. The third-order valence-electron chi connectivity index (χ3n) is 5.02. The van der Waals surface area contributed by atoms with E-state index in [4.69, 9.17) is 5.21 Å². The van der Waals surface area contributed by atoms with Crippen molar-refractivity contribution in [1.29, 1.82) is 0 Å². The molecular weight excluding hydrogens is 408 g/mol. The molecule has 172 valence electrons. The molecule has 0 aromatic heterocycles. The number of urea groups is 1. The first-order chi connectivity index (χ1) is 15.4. The second kappa shape index (κ2) is 13.1. The Morgan fingerprint density at radius 1 is 0.844 bits per heavy atom. The van der Waals surface area contributed by atoms with Crippen LogP contribution in [0.4, 0.5) is 16.2 Å². The van der Waals surface area contributed by atoms with Gasteiger partial charge >= 0.3 is 6.03 Å². The van der Waals surface area contributed by atoms with Gasteiger partial charge in [0.05, 0.1) is 0 Å². The molecule has 0 bridgehead atoms.